The molecule has 7 rings (SSSR count). The maximum absolute atomic E-state index is 5.00. The number of fused-ring (bicyclic) bond motifs is 8. The number of benzene rings is 4. The van der Waals surface area contributed by atoms with Crippen LogP contribution in [0.4, 0.5) is 0 Å². The highest BCUT2D eigenvalue weighted by Gasteiger charge is 2.18. The molecule has 2 aromatic heterocycles. The van der Waals surface area contributed by atoms with Crippen LogP contribution in [-0.2, 0) is 0 Å². The normalized spacial score (nSPS) is 12.4. The largest absolute Gasteiger partial charge is 0.351 e. The molecule has 7 aromatic rings. The average Bonchev–Trinajstić information content (AvgIpc) is 3.24. The van der Waals surface area contributed by atoms with Crippen LogP contribution in [0.25, 0.3) is 65.4 Å². The van der Waals surface area contributed by atoms with E-state index in [1.165, 1.54) is 32.3 Å². The van der Waals surface area contributed by atoms with Crippen molar-refractivity contribution in [1.82, 2.24) is 15.0 Å². The Morgan fingerprint density at radius 2 is 1.33 bits per heavy atom. The Balaban J connectivity index is 1.83. The summed E-state index contributed by atoms with van der Waals surface area (Å²) in [5, 5.41) is 7.38. The molecule has 0 radical (unpaired) electrons. The maximum atomic E-state index is 5.00. The summed E-state index contributed by atoms with van der Waals surface area (Å²) in [6.45, 7) is 0. The first kappa shape index (κ1) is 13.5. The number of para-hydroxylation sites is 3. The lowest BCUT2D eigenvalue weighted by molar-refractivity contribution is 1.42. The molecular formula is C24H13N3. The Morgan fingerprint density at radius 1 is 0.556 bits per heavy atom. The Hall–Kier alpha value is -3.72. The smallest absolute Gasteiger partial charge is 0.0958 e. The van der Waals surface area contributed by atoms with Crippen LogP contribution in [0.1, 0.15) is 0 Å². The second-order valence-corrected chi connectivity index (χ2v) is 7.15. The molecule has 1 N–H and O–H groups in total. The monoisotopic (exact) mass is 343 g/mol. The minimum absolute atomic E-state index is 0.984. The van der Waals surface area contributed by atoms with Crippen LogP contribution in [0.5, 0.6) is 0 Å². The van der Waals surface area contributed by atoms with Crippen LogP contribution in [0, 0.1) is 0 Å². The number of nitrogens with zero attached hydrogens (tertiary/aromatic N) is 2. The third-order valence-electron chi connectivity index (χ3n) is 5.71. The van der Waals surface area contributed by atoms with E-state index in [0.717, 1.165) is 33.1 Å². The zero-order valence-electron chi connectivity index (χ0n) is 14.3. The Morgan fingerprint density at radius 3 is 2.30 bits per heavy atom. The number of rotatable bonds is 0. The van der Waals surface area contributed by atoms with Gasteiger partial charge in [-0.15, -0.1) is 0 Å². The highest BCUT2D eigenvalue weighted by Crippen LogP contribution is 2.42. The van der Waals surface area contributed by atoms with Gasteiger partial charge in [-0.25, -0.2) is 9.97 Å². The van der Waals surface area contributed by atoms with E-state index in [9.17, 15) is 0 Å². The van der Waals surface area contributed by atoms with Crippen LogP contribution in [0.3, 0.4) is 0 Å². The highest BCUT2D eigenvalue weighted by molar-refractivity contribution is 6.36. The first-order chi connectivity index (χ1) is 13.4. The van der Waals surface area contributed by atoms with Gasteiger partial charge >= 0.3 is 0 Å². The lowest BCUT2D eigenvalue weighted by Gasteiger charge is -2.01. The van der Waals surface area contributed by atoms with Crippen molar-refractivity contribution in [3.8, 4) is 0 Å². The first-order valence-corrected chi connectivity index (χ1v) is 9.12. The van der Waals surface area contributed by atoms with Gasteiger partial charge in [0.25, 0.3) is 0 Å². The summed E-state index contributed by atoms with van der Waals surface area (Å²) < 4.78 is 0. The van der Waals surface area contributed by atoms with Crippen molar-refractivity contribution in [3.05, 3.63) is 72.8 Å². The predicted molar refractivity (Wildman–Crippen MR) is 113 cm³/mol. The molecule has 2 heterocycles. The third kappa shape index (κ3) is 1.57. The van der Waals surface area contributed by atoms with Gasteiger partial charge in [0.15, 0.2) is 0 Å². The van der Waals surface area contributed by atoms with E-state index >= 15 is 0 Å². The van der Waals surface area contributed by atoms with Gasteiger partial charge in [-0.2, -0.15) is 0 Å². The summed E-state index contributed by atoms with van der Waals surface area (Å²) in [6, 6.07) is 25.3. The molecule has 0 aliphatic rings. The van der Waals surface area contributed by atoms with Crippen molar-refractivity contribution >= 4 is 65.4 Å². The molecule has 0 bridgehead atoms. The molecule has 0 spiro atoms. The van der Waals surface area contributed by atoms with Crippen molar-refractivity contribution < 1.29 is 0 Å². The van der Waals surface area contributed by atoms with E-state index in [1.807, 2.05) is 18.2 Å². The Kier molecular flexibility index (Phi) is 2.25. The van der Waals surface area contributed by atoms with Crippen LogP contribution in [0.15, 0.2) is 72.8 Å². The molecule has 124 valence electrons. The molecular weight excluding hydrogens is 330 g/mol. The minimum atomic E-state index is 0.984. The van der Waals surface area contributed by atoms with Crippen molar-refractivity contribution in [2.45, 2.75) is 0 Å². The number of hydrogen-bond acceptors (Lipinski definition) is 2. The zero-order valence-corrected chi connectivity index (χ0v) is 14.3. The van der Waals surface area contributed by atoms with Crippen molar-refractivity contribution in [1.29, 1.82) is 0 Å². The lowest BCUT2D eigenvalue weighted by Crippen LogP contribution is -1.83. The van der Waals surface area contributed by atoms with Crippen LogP contribution in [0.2, 0.25) is 0 Å². The molecule has 0 aliphatic carbocycles. The molecule has 0 amide bonds. The van der Waals surface area contributed by atoms with E-state index in [4.69, 9.17) is 9.97 Å². The molecule has 0 aliphatic heterocycles. The number of nitrogens with one attached hydrogen (secondary N) is 1. The van der Waals surface area contributed by atoms with Crippen LogP contribution < -0.4 is 0 Å². The van der Waals surface area contributed by atoms with Crippen molar-refractivity contribution in [2.24, 2.45) is 0 Å². The second-order valence-electron chi connectivity index (χ2n) is 7.15. The molecule has 27 heavy (non-hydrogen) atoms. The van der Waals surface area contributed by atoms with Gasteiger partial charge in [-0.05, 0) is 29.7 Å². The zero-order chi connectivity index (χ0) is 17.5. The highest BCUT2D eigenvalue weighted by atomic mass is 14.8. The molecule has 0 atom stereocenters. The fraction of sp³-hybridized carbons (Fsp3) is 0. The van der Waals surface area contributed by atoms with Crippen LogP contribution >= 0.6 is 0 Å². The predicted octanol–water partition coefficient (Wildman–Crippen LogP) is 6.16. The summed E-state index contributed by atoms with van der Waals surface area (Å²) in [7, 11) is 0. The minimum Gasteiger partial charge on any atom is -0.351 e. The summed E-state index contributed by atoms with van der Waals surface area (Å²) in [5.74, 6) is 0. The van der Waals surface area contributed by atoms with Gasteiger partial charge in [0.1, 0.15) is 0 Å². The number of hydrogen-bond donors (Lipinski definition) is 1. The lowest BCUT2D eigenvalue weighted by atomic mass is 10.0. The van der Waals surface area contributed by atoms with Gasteiger partial charge in [0.2, 0.25) is 0 Å². The standard InChI is InChI=1S/C24H13N3/c1-2-9-17-13(6-1)22-14-7-5-8-15-21(14)16(12-20(22)25-17)24-23(15)26-18-10-3-4-11-19(18)27-24/h1-12,26H. The van der Waals surface area contributed by atoms with E-state index in [2.05, 4.69) is 59.6 Å². The van der Waals surface area contributed by atoms with Gasteiger partial charge in [0.05, 0.1) is 33.1 Å². The van der Waals surface area contributed by atoms with E-state index in [-0.39, 0.29) is 0 Å². The molecule has 0 unspecified atom stereocenters. The molecule has 0 fully saturated rings. The maximum Gasteiger partial charge on any atom is 0.0958 e. The fourth-order valence-electron chi connectivity index (χ4n) is 4.59. The Bertz CT molecular complexity index is 1670. The SMILES string of the molecule is c1ccc2[nH]c3c4cccc5c6c(cc(c3nc2c1)c45)nc1ccccc16. The summed E-state index contributed by atoms with van der Waals surface area (Å²) >= 11 is 0. The molecule has 0 saturated carbocycles. The van der Waals surface area contributed by atoms with Crippen molar-refractivity contribution in [2.75, 3.05) is 0 Å². The average molecular weight is 343 g/mol. The topological polar surface area (TPSA) is 41.6 Å². The number of H-pyrrole nitrogens is 1. The van der Waals surface area contributed by atoms with Crippen molar-refractivity contribution in [3.63, 3.8) is 0 Å². The first-order valence-electron chi connectivity index (χ1n) is 9.12. The summed E-state index contributed by atoms with van der Waals surface area (Å²) in [4.78, 5) is 13.5. The second kappa shape index (κ2) is 4.51. The van der Waals surface area contributed by atoms with Gasteiger partial charge in [0, 0.05) is 26.9 Å². The number of aromatic amines is 1. The fourth-order valence-corrected chi connectivity index (χ4v) is 4.59. The third-order valence-corrected chi connectivity index (χ3v) is 5.71. The molecule has 0 saturated heterocycles. The van der Waals surface area contributed by atoms with E-state index in [0.29, 0.717) is 0 Å². The molecule has 5 aromatic carbocycles. The van der Waals surface area contributed by atoms with Crippen LogP contribution in [-0.4, -0.2) is 15.0 Å². The number of aromatic nitrogens is 3. The molecule has 3 nitrogen and oxygen atoms in total. The van der Waals surface area contributed by atoms with Gasteiger partial charge < -0.3 is 4.98 Å². The summed E-state index contributed by atoms with van der Waals surface area (Å²) in [6.07, 6.45) is 0. The summed E-state index contributed by atoms with van der Waals surface area (Å²) in [5.41, 5.74) is 6.26. The van der Waals surface area contributed by atoms with Gasteiger partial charge in [-0.1, -0.05) is 48.5 Å². The quantitative estimate of drug-likeness (QED) is 0.358. The van der Waals surface area contributed by atoms with E-state index < -0.39 is 0 Å². The Labute approximate surface area is 153 Å². The molecule has 3 heteroatoms. The van der Waals surface area contributed by atoms with Gasteiger partial charge in [-0.3, -0.25) is 0 Å². The van der Waals surface area contributed by atoms with E-state index in [1.54, 1.807) is 0 Å².